The summed E-state index contributed by atoms with van der Waals surface area (Å²) in [5, 5.41) is 3.12. The second-order valence-corrected chi connectivity index (χ2v) is 12.7. The highest BCUT2D eigenvalue weighted by Gasteiger charge is 2.37. The van der Waals surface area contributed by atoms with E-state index in [1.165, 1.54) is 4.90 Å². The van der Waals surface area contributed by atoms with E-state index in [-0.39, 0.29) is 11.1 Å². The Morgan fingerprint density at radius 2 is 1.75 bits per heavy atom. The molecule has 1 nitrogen and oxygen atoms in total. The Morgan fingerprint density at radius 3 is 2.25 bits per heavy atom. The maximum absolute atomic E-state index is 6.28. The molecule has 0 aliphatic heterocycles. The first-order chi connectivity index (χ1) is 9.12. The van der Waals surface area contributed by atoms with Crippen molar-refractivity contribution in [3.8, 4) is 0 Å². The first-order valence-corrected chi connectivity index (χ1v) is 11.0. The van der Waals surface area contributed by atoms with Gasteiger partial charge in [0, 0.05) is 9.92 Å². The maximum atomic E-state index is 6.28. The van der Waals surface area contributed by atoms with Crippen LogP contribution in [0.1, 0.15) is 27.7 Å². The number of halogens is 1. The molecule has 0 bridgehead atoms. The third-order valence-corrected chi connectivity index (χ3v) is 9.32. The average Bonchev–Trinajstić information content (AvgIpc) is 2.29. The number of rotatable bonds is 5. The smallest absolute Gasteiger partial charge is 0.192 e. The van der Waals surface area contributed by atoms with E-state index in [4.69, 9.17) is 16.0 Å². The van der Waals surface area contributed by atoms with Crippen LogP contribution in [0.4, 0.5) is 0 Å². The molecule has 1 aromatic rings. The van der Waals surface area contributed by atoms with Gasteiger partial charge in [0.05, 0.1) is 6.10 Å². The number of benzene rings is 1. The summed E-state index contributed by atoms with van der Waals surface area (Å²) < 4.78 is 6.28. The standard InChI is InChI=1S/C16H25ClOSSi/c1-13(18-20(5,6)16(2,3)4)11-12-19-15-9-7-14(17)8-10-15/h7-13H,1-6H3/b12-11+/t13-/m1/s1. The Balaban J connectivity index is 2.52. The molecule has 0 aliphatic rings. The van der Waals surface area contributed by atoms with E-state index in [9.17, 15) is 0 Å². The fraction of sp³-hybridized carbons (Fsp3) is 0.500. The van der Waals surface area contributed by atoms with Gasteiger partial charge in [-0.25, -0.2) is 0 Å². The lowest BCUT2D eigenvalue weighted by molar-refractivity contribution is 0.243. The number of thioether (sulfide) groups is 1. The summed E-state index contributed by atoms with van der Waals surface area (Å²) in [4.78, 5) is 1.19. The Morgan fingerprint density at radius 1 is 1.20 bits per heavy atom. The predicted octanol–water partition coefficient (Wildman–Crippen LogP) is 6.36. The largest absolute Gasteiger partial charge is 0.411 e. The van der Waals surface area contributed by atoms with Crippen molar-refractivity contribution < 1.29 is 4.43 Å². The lowest BCUT2D eigenvalue weighted by atomic mass is 10.2. The van der Waals surface area contributed by atoms with E-state index in [2.05, 4.69) is 52.3 Å². The molecule has 0 saturated carbocycles. The van der Waals surface area contributed by atoms with Crippen molar-refractivity contribution >= 4 is 31.7 Å². The molecule has 0 aromatic heterocycles. The third kappa shape index (κ3) is 5.64. The van der Waals surface area contributed by atoms with Crippen LogP contribution < -0.4 is 0 Å². The summed E-state index contributed by atoms with van der Waals surface area (Å²) in [6.07, 6.45) is 2.27. The molecule has 0 N–H and O–H groups in total. The van der Waals surface area contributed by atoms with Crippen LogP contribution in [0.5, 0.6) is 0 Å². The highest BCUT2D eigenvalue weighted by atomic mass is 35.5. The third-order valence-electron chi connectivity index (χ3n) is 3.65. The molecule has 0 heterocycles. The highest BCUT2D eigenvalue weighted by molar-refractivity contribution is 8.02. The molecule has 0 spiro atoms. The molecular weight excluding hydrogens is 304 g/mol. The molecule has 0 fully saturated rings. The van der Waals surface area contributed by atoms with Crippen molar-refractivity contribution in [1.82, 2.24) is 0 Å². The maximum Gasteiger partial charge on any atom is 0.192 e. The van der Waals surface area contributed by atoms with Crippen molar-refractivity contribution in [3.05, 3.63) is 40.8 Å². The zero-order valence-corrected chi connectivity index (χ0v) is 15.8. The summed E-state index contributed by atoms with van der Waals surface area (Å²) in [6.45, 7) is 13.5. The van der Waals surface area contributed by atoms with E-state index in [1.54, 1.807) is 11.8 Å². The van der Waals surface area contributed by atoms with Crippen LogP contribution in [0.2, 0.25) is 23.2 Å². The van der Waals surface area contributed by atoms with E-state index in [0.717, 1.165) is 5.02 Å². The minimum absolute atomic E-state index is 0.149. The SMILES string of the molecule is C[C@H](/C=C/Sc1ccc(Cl)cc1)O[Si](C)(C)C(C)(C)C. The van der Waals surface area contributed by atoms with Gasteiger partial charge in [-0.15, -0.1) is 0 Å². The van der Waals surface area contributed by atoms with Gasteiger partial charge in [-0.2, -0.15) is 0 Å². The van der Waals surface area contributed by atoms with Crippen molar-refractivity contribution in [1.29, 1.82) is 0 Å². The molecule has 20 heavy (non-hydrogen) atoms. The summed E-state index contributed by atoms with van der Waals surface area (Å²) >= 11 is 7.56. The predicted molar refractivity (Wildman–Crippen MR) is 94.2 cm³/mol. The molecule has 112 valence electrons. The minimum Gasteiger partial charge on any atom is -0.411 e. The van der Waals surface area contributed by atoms with E-state index in [1.807, 2.05) is 24.3 Å². The Kier molecular flexibility index (Phi) is 6.39. The normalized spacial score (nSPS) is 14.8. The fourth-order valence-electron chi connectivity index (χ4n) is 1.42. The van der Waals surface area contributed by atoms with Gasteiger partial charge >= 0.3 is 0 Å². The van der Waals surface area contributed by atoms with Gasteiger partial charge < -0.3 is 4.43 Å². The molecule has 1 rings (SSSR count). The average molecular weight is 329 g/mol. The highest BCUT2D eigenvalue weighted by Crippen LogP contribution is 2.37. The molecule has 1 aromatic carbocycles. The van der Waals surface area contributed by atoms with Crippen LogP contribution >= 0.6 is 23.4 Å². The molecular formula is C16H25ClOSSi. The molecule has 0 aliphatic carbocycles. The van der Waals surface area contributed by atoms with Crippen molar-refractivity contribution in [2.75, 3.05) is 0 Å². The second-order valence-electron chi connectivity index (χ2n) is 6.48. The van der Waals surface area contributed by atoms with E-state index >= 15 is 0 Å². The van der Waals surface area contributed by atoms with Gasteiger partial charge in [0.15, 0.2) is 8.32 Å². The second kappa shape index (κ2) is 7.17. The van der Waals surface area contributed by atoms with Gasteiger partial charge in [0.1, 0.15) is 0 Å². The van der Waals surface area contributed by atoms with Gasteiger partial charge in [0.25, 0.3) is 0 Å². The van der Waals surface area contributed by atoms with E-state index in [0.29, 0.717) is 0 Å². The monoisotopic (exact) mass is 328 g/mol. The van der Waals surface area contributed by atoms with Gasteiger partial charge in [-0.1, -0.05) is 50.2 Å². The van der Waals surface area contributed by atoms with Crippen LogP contribution in [-0.4, -0.2) is 14.4 Å². The van der Waals surface area contributed by atoms with Crippen LogP contribution in [0.15, 0.2) is 40.6 Å². The van der Waals surface area contributed by atoms with Gasteiger partial charge in [-0.05, 0) is 54.7 Å². The van der Waals surface area contributed by atoms with Gasteiger partial charge in [-0.3, -0.25) is 0 Å². The number of hydrogen-bond acceptors (Lipinski definition) is 2. The van der Waals surface area contributed by atoms with Crippen LogP contribution in [0.25, 0.3) is 0 Å². The van der Waals surface area contributed by atoms with Crippen molar-refractivity contribution in [2.45, 2.75) is 56.8 Å². The first kappa shape index (κ1) is 17.8. The van der Waals surface area contributed by atoms with Crippen LogP contribution in [0.3, 0.4) is 0 Å². The topological polar surface area (TPSA) is 9.23 Å². The molecule has 0 saturated heterocycles. The Labute approximate surface area is 133 Å². The van der Waals surface area contributed by atoms with Gasteiger partial charge in [0.2, 0.25) is 0 Å². The fourth-order valence-corrected chi connectivity index (χ4v) is 3.66. The van der Waals surface area contributed by atoms with Crippen LogP contribution in [-0.2, 0) is 4.43 Å². The van der Waals surface area contributed by atoms with Crippen LogP contribution in [0, 0.1) is 0 Å². The zero-order valence-electron chi connectivity index (χ0n) is 13.2. The number of hydrogen-bond donors (Lipinski definition) is 0. The summed E-state index contributed by atoms with van der Waals surface area (Å²) in [5.41, 5.74) is 0. The summed E-state index contributed by atoms with van der Waals surface area (Å²) in [7, 11) is -1.68. The molecule has 4 heteroatoms. The molecule has 0 amide bonds. The van der Waals surface area contributed by atoms with Crippen molar-refractivity contribution in [3.63, 3.8) is 0 Å². The molecule has 0 radical (unpaired) electrons. The van der Waals surface area contributed by atoms with Crippen molar-refractivity contribution in [2.24, 2.45) is 0 Å². The molecule has 1 atom stereocenters. The lowest BCUT2D eigenvalue weighted by Gasteiger charge is -2.37. The summed E-state index contributed by atoms with van der Waals surface area (Å²) in [6, 6.07) is 7.87. The Hall–Kier alpha value is -0.223. The minimum atomic E-state index is -1.68. The molecule has 0 unspecified atom stereocenters. The first-order valence-electron chi connectivity index (χ1n) is 6.88. The zero-order chi connectivity index (χ0) is 15.4. The van der Waals surface area contributed by atoms with E-state index < -0.39 is 8.32 Å². The Bertz CT molecular complexity index is 449. The quantitative estimate of drug-likeness (QED) is 0.459. The lowest BCUT2D eigenvalue weighted by Crippen LogP contribution is -2.42. The summed E-state index contributed by atoms with van der Waals surface area (Å²) in [5.74, 6) is 0.